The van der Waals surface area contributed by atoms with Crippen LogP contribution in [0.5, 0.6) is 0 Å². The molecule has 0 spiro atoms. The van der Waals surface area contributed by atoms with E-state index in [1.807, 2.05) is 0 Å². The molecule has 3 heteroatoms. The number of nitrogens with one attached hydrogen (secondary N) is 2. The second-order valence-electron chi connectivity index (χ2n) is 5.15. The van der Waals surface area contributed by atoms with E-state index in [1.54, 1.807) is 11.9 Å². The highest BCUT2D eigenvalue weighted by molar-refractivity contribution is 7.97. The molecular formula is C16H20N2S. The SMILES string of the molecule is c1ccc2cc(SNCC3CCNCC3)ccc2c1. The third-order valence-electron chi connectivity index (χ3n) is 3.74. The zero-order chi connectivity index (χ0) is 12.9. The van der Waals surface area contributed by atoms with Gasteiger partial charge in [-0.2, -0.15) is 0 Å². The van der Waals surface area contributed by atoms with Crippen molar-refractivity contribution in [1.82, 2.24) is 10.0 Å². The van der Waals surface area contributed by atoms with Gasteiger partial charge < -0.3 is 5.32 Å². The summed E-state index contributed by atoms with van der Waals surface area (Å²) < 4.78 is 3.52. The van der Waals surface area contributed by atoms with Crippen molar-refractivity contribution in [3.8, 4) is 0 Å². The number of hydrogen-bond acceptors (Lipinski definition) is 3. The van der Waals surface area contributed by atoms with Crippen LogP contribution in [0.2, 0.25) is 0 Å². The van der Waals surface area contributed by atoms with Gasteiger partial charge in [-0.3, -0.25) is 4.72 Å². The van der Waals surface area contributed by atoms with Gasteiger partial charge in [0.2, 0.25) is 0 Å². The molecule has 0 radical (unpaired) electrons. The van der Waals surface area contributed by atoms with Crippen molar-refractivity contribution < 1.29 is 0 Å². The summed E-state index contributed by atoms with van der Waals surface area (Å²) in [5.74, 6) is 0.828. The van der Waals surface area contributed by atoms with E-state index in [9.17, 15) is 0 Å². The predicted octanol–water partition coefficient (Wildman–Crippen LogP) is 3.44. The lowest BCUT2D eigenvalue weighted by atomic mass is 9.99. The molecule has 2 aromatic rings. The first kappa shape index (κ1) is 13.0. The molecule has 19 heavy (non-hydrogen) atoms. The van der Waals surface area contributed by atoms with Crippen LogP contribution in [0.1, 0.15) is 12.8 Å². The fraction of sp³-hybridized carbons (Fsp3) is 0.375. The van der Waals surface area contributed by atoms with Gasteiger partial charge in [-0.25, -0.2) is 0 Å². The highest BCUT2D eigenvalue weighted by Gasteiger charge is 2.12. The number of hydrogen-bond donors (Lipinski definition) is 2. The molecule has 1 heterocycles. The smallest absolute Gasteiger partial charge is 0.0234 e. The lowest BCUT2D eigenvalue weighted by molar-refractivity contribution is 0.376. The molecule has 0 unspecified atom stereocenters. The van der Waals surface area contributed by atoms with Gasteiger partial charge in [0.15, 0.2) is 0 Å². The van der Waals surface area contributed by atoms with Crippen LogP contribution in [0.4, 0.5) is 0 Å². The maximum atomic E-state index is 3.52. The topological polar surface area (TPSA) is 24.1 Å². The average Bonchev–Trinajstić information content (AvgIpc) is 2.48. The Hall–Kier alpha value is -1.03. The van der Waals surface area contributed by atoms with E-state index in [1.165, 1.54) is 41.6 Å². The maximum Gasteiger partial charge on any atom is 0.0234 e. The van der Waals surface area contributed by atoms with Crippen LogP contribution in [0.25, 0.3) is 10.8 Å². The Balaban J connectivity index is 1.56. The summed E-state index contributed by atoms with van der Waals surface area (Å²) in [7, 11) is 0. The molecule has 0 atom stereocenters. The second-order valence-corrected chi connectivity index (χ2v) is 6.12. The van der Waals surface area contributed by atoms with Crippen molar-refractivity contribution in [3.63, 3.8) is 0 Å². The number of benzene rings is 2. The van der Waals surface area contributed by atoms with Crippen LogP contribution in [-0.4, -0.2) is 19.6 Å². The van der Waals surface area contributed by atoms with Crippen molar-refractivity contribution in [2.24, 2.45) is 5.92 Å². The zero-order valence-corrected chi connectivity index (χ0v) is 11.9. The van der Waals surface area contributed by atoms with E-state index >= 15 is 0 Å². The lowest BCUT2D eigenvalue weighted by Gasteiger charge is -2.22. The van der Waals surface area contributed by atoms with Crippen molar-refractivity contribution in [2.45, 2.75) is 17.7 Å². The molecule has 0 saturated carbocycles. The van der Waals surface area contributed by atoms with Gasteiger partial charge in [0.05, 0.1) is 0 Å². The Labute approximate surface area is 119 Å². The van der Waals surface area contributed by atoms with Crippen LogP contribution in [-0.2, 0) is 0 Å². The number of rotatable bonds is 4. The molecular weight excluding hydrogens is 252 g/mol. The number of piperidine rings is 1. The largest absolute Gasteiger partial charge is 0.317 e. The average molecular weight is 272 g/mol. The van der Waals surface area contributed by atoms with Crippen LogP contribution < -0.4 is 10.0 Å². The molecule has 1 fully saturated rings. The van der Waals surface area contributed by atoms with Crippen molar-refractivity contribution in [1.29, 1.82) is 0 Å². The first-order valence-electron chi connectivity index (χ1n) is 7.01. The van der Waals surface area contributed by atoms with Crippen molar-refractivity contribution in [3.05, 3.63) is 42.5 Å². The Bertz CT molecular complexity index is 535. The minimum atomic E-state index is 0.828. The Kier molecular flexibility index (Phi) is 4.38. The van der Waals surface area contributed by atoms with Gasteiger partial charge in [0, 0.05) is 11.4 Å². The Morgan fingerprint density at radius 2 is 1.84 bits per heavy atom. The second kappa shape index (κ2) is 6.42. The van der Waals surface area contributed by atoms with Gasteiger partial charge in [-0.15, -0.1) is 0 Å². The van der Waals surface area contributed by atoms with Gasteiger partial charge in [-0.05, 0) is 66.7 Å². The standard InChI is InChI=1S/C16H20N2S/c1-2-4-15-11-16(6-5-14(15)3-1)19-18-12-13-7-9-17-10-8-13/h1-6,11,13,17-18H,7-10,12H2. The maximum absolute atomic E-state index is 3.52. The Morgan fingerprint density at radius 1 is 1.05 bits per heavy atom. The molecule has 1 aliphatic rings. The van der Waals surface area contributed by atoms with Gasteiger partial charge in [0.1, 0.15) is 0 Å². The van der Waals surface area contributed by atoms with Gasteiger partial charge >= 0.3 is 0 Å². The quantitative estimate of drug-likeness (QED) is 0.834. The first-order valence-corrected chi connectivity index (χ1v) is 7.83. The summed E-state index contributed by atoms with van der Waals surface area (Å²) in [5.41, 5.74) is 0. The van der Waals surface area contributed by atoms with E-state index in [0.717, 1.165) is 12.5 Å². The summed E-state index contributed by atoms with van der Waals surface area (Å²) in [6.45, 7) is 3.46. The molecule has 1 aliphatic heterocycles. The molecule has 3 rings (SSSR count). The molecule has 0 aliphatic carbocycles. The molecule has 0 aromatic heterocycles. The minimum absolute atomic E-state index is 0.828. The van der Waals surface area contributed by atoms with Crippen LogP contribution in [0.3, 0.4) is 0 Å². The molecule has 100 valence electrons. The summed E-state index contributed by atoms with van der Waals surface area (Å²) in [6, 6.07) is 15.2. The fourth-order valence-electron chi connectivity index (χ4n) is 2.56. The predicted molar refractivity (Wildman–Crippen MR) is 83.4 cm³/mol. The molecule has 1 saturated heterocycles. The summed E-state index contributed by atoms with van der Waals surface area (Å²) in [5, 5.41) is 6.03. The summed E-state index contributed by atoms with van der Waals surface area (Å²) >= 11 is 1.76. The first-order chi connectivity index (χ1) is 9.42. The highest BCUT2D eigenvalue weighted by atomic mass is 32.2. The van der Waals surface area contributed by atoms with E-state index in [0.29, 0.717) is 0 Å². The fourth-order valence-corrected chi connectivity index (χ4v) is 3.37. The van der Waals surface area contributed by atoms with Crippen molar-refractivity contribution >= 4 is 22.7 Å². The molecule has 0 amide bonds. The van der Waals surface area contributed by atoms with E-state index < -0.39 is 0 Å². The molecule has 0 bridgehead atoms. The minimum Gasteiger partial charge on any atom is -0.317 e. The van der Waals surface area contributed by atoms with Gasteiger partial charge in [0.25, 0.3) is 0 Å². The lowest BCUT2D eigenvalue weighted by Crippen LogP contribution is -2.31. The molecule has 2 nitrogen and oxygen atoms in total. The normalized spacial score (nSPS) is 16.8. The number of fused-ring (bicyclic) bond motifs is 1. The van der Waals surface area contributed by atoms with Gasteiger partial charge in [-0.1, -0.05) is 30.3 Å². The van der Waals surface area contributed by atoms with Crippen LogP contribution in [0, 0.1) is 5.92 Å². The van der Waals surface area contributed by atoms with Crippen LogP contribution >= 0.6 is 11.9 Å². The Morgan fingerprint density at radius 3 is 2.68 bits per heavy atom. The van der Waals surface area contributed by atoms with E-state index in [4.69, 9.17) is 0 Å². The monoisotopic (exact) mass is 272 g/mol. The van der Waals surface area contributed by atoms with Crippen molar-refractivity contribution in [2.75, 3.05) is 19.6 Å². The molecule has 2 N–H and O–H groups in total. The highest BCUT2D eigenvalue weighted by Crippen LogP contribution is 2.22. The summed E-state index contributed by atoms with van der Waals surface area (Å²) in [6.07, 6.45) is 2.59. The third kappa shape index (κ3) is 3.50. The van der Waals surface area contributed by atoms with E-state index in [2.05, 4.69) is 52.5 Å². The molecule has 2 aromatic carbocycles. The third-order valence-corrected chi connectivity index (χ3v) is 4.54. The van der Waals surface area contributed by atoms with E-state index in [-0.39, 0.29) is 0 Å². The van der Waals surface area contributed by atoms with Crippen LogP contribution in [0.15, 0.2) is 47.4 Å². The zero-order valence-electron chi connectivity index (χ0n) is 11.1. The summed E-state index contributed by atoms with van der Waals surface area (Å²) in [4.78, 5) is 1.30.